The molecule has 0 bridgehead atoms. The summed E-state index contributed by atoms with van der Waals surface area (Å²) in [6, 6.07) is 14.5. The molecule has 1 amide bonds. The fraction of sp³-hybridized carbons (Fsp3) is 0.333. The number of nitrogens with one attached hydrogen (secondary N) is 1. The number of amides is 1. The standard InChI is InChI=1S/C21H25BrN4O3S/c1-16-3-5-18(6-4-16)17(2)23-24-21(27)15-25-11-13-26(14-12-25)30(28,29)20-9-7-19(22)8-10-20/h3-10H,11-15H2,1-2H3,(H,24,27)/b23-17-. The van der Waals surface area contributed by atoms with Crippen molar-refractivity contribution < 1.29 is 13.2 Å². The van der Waals surface area contributed by atoms with Crippen LogP contribution in [-0.2, 0) is 14.8 Å². The third-order valence-corrected chi connectivity index (χ3v) is 7.41. The van der Waals surface area contributed by atoms with Crippen LogP contribution in [0.3, 0.4) is 0 Å². The summed E-state index contributed by atoms with van der Waals surface area (Å²) < 4.78 is 27.8. The number of rotatable bonds is 6. The summed E-state index contributed by atoms with van der Waals surface area (Å²) in [6.45, 7) is 5.71. The van der Waals surface area contributed by atoms with E-state index in [1.165, 1.54) is 4.31 Å². The molecule has 1 saturated heterocycles. The average Bonchev–Trinajstić information content (AvgIpc) is 2.73. The van der Waals surface area contributed by atoms with Crippen molar-refractivity contribution in [2.75, 3.05) is 32.7 Å². The minimum atomic E-state index is -3.52. The zero-order valence-corrected chi connectivity index (χ0v) is 19.4. The van der Waals surface area contributed by atoms with Crippen molar-refractivity contribution in [1.82, 2.24) is 14.6 Å². The zero-order chi connectivity index (χ0) is 21.7. The largest absolute Gasteiger partial charge is 0.292 e. The van der Waals surface area contributed by atoms with Crippen LogP contribution in [0.4, 0.5) is 0 Å². The van der Waals surface area contributed by atoms with Gasteiger partial charge in [0.15, 0.2) is 0 Å². The van der Waals surface area contributed by atoms with E-state index in [0.717, 1.165) is 21.3 Å². The molecular formula is C21H25BrN4O3S. The van der Waals surface area contributed by atoms with Crippen LogP contribution in [0.15, 0.2) is 63.0 Å². The molecule has 0 radical (unpaired) electrons. The van der Waals surface area contributed by atoms with Gasteiger partial charge in [-0.1, -0.05) is 45.8 Å². The molecule has 0 spiro atoms. The molecule has 30 heavy (non-hydrogen) atoms. The summed E-state index contributed by atoms with van der Waals surface area (Å²) in [4.78, 5) is 14.4. The predicted molar refractivity (Wildman–Crippen MR) is 121 cm³/mol. The van der Waals surface area contributed by atoms with Gasteiger partial charge in [-0.2, -0.15) is 9.41 Å². The van der Waals surface area contributed by atoms with E-state index in [9.17, 15) is 13.2 Å². The van der Waals surface area contributed by atoms with Gasteiger partial charge in [0.2, 0.25) is 10.0 Å². The zero-order valence-electron chi connectivity index (χ0n) is 17.0. The molecule has 3 rings (SSSR count). The van der Waals surface area contributed by atoms with Crippen LogP contribution in [0.5, 0.6) is 0 Å². The van der Waals surface area contributed by atoms with E-state index in [2.05, 4.69) is 26.5 Å². The Labute approximate surface area is 185 Å². The molecule has 160 valence electrons. The Morgan fingerprint density at radius 2 is 1.63 bits per heavy atom. The topological polar surface area (TPSA) is 82.1 Å². The Kier molecular flexibility index (Phi) is 7.41. The van der Waals surface area contributed by atoms with Gasteiger partial charge in [-0.15, -0.1) is 0 Å². The van der Waals surface area contributed by atoms with E-state index in [0.29, 0.717) is 26.2 Å². The van der Waals surface area contributed by atoms with Crippen LogP contribution in [0.25, 0.3) is 0 Å². The highest BCUT2D eigenvalue weighted by atomic mass is 79.9. The Balaban J connectivity index is 1.50. The van der Waals surface area contributed by atoms with Gasteiger partial charge in [0.25, 0.3) is 5.91 Å². The number of nitrogens with zero attached hydrogens (tertiary/aromatic N) is 3. The fourth-order valence-corrected chi connectivity index (χ4v) is 4.81. The van der Waals surface area contributed by atoms with Crippen LogP contribution < -0.4 is 5.43 Å². The van der Waals surface area contributed by atoms with Crippen molar-refractivity contribution in [1.29, 1.82) is 0 Å². The van der Waals surface area contributed by atoms with Gasteiger partial charge in [-0.3, -0.25) is 9.69 Å². The first-order chi connectivity index (χ1) is 14.3. The lowest BCUT2D eigenvalue weighted by molar-refractivity contribution is -0.122. The van der Waals surface area contributed by atoms with Gasteiger partial charge >= 0.3 is 0 Å². The van der Waals surface area contributed by atoms with Gasteiger partial charge in [0.05, 0.1) is 17.2 Å². The third kappa shape index (κ3) is 5.75. The summed E-state index contributed by atoms with van der Waals surface area (Å²) in [5.41, 5.74) is 5.43. The highest BCUT2D eigenvalue weighted by molar-refractivity contribution is 9.10. The van der Waals surface area contributed by atoms with Gasteiger partial charge in [-0.05, 0) is 43.7 Å². The SMILES string of the molecule is C/C(=N/NC(=O)CN1CCN(S(=O)(=O)c2ccc(Br)cc2)CC1)c1ccc(C)cc1. The lowest BCUT2D eigenvalue weighted by Crippen LogP contribution is -2.50. The average molecular weight is 493 g/mol. The molecule has 1 fully saturated rings. The first-order valence-electron chi connectivity index (χ1n) is 9.64. The van der Waals surface area contributed by atoms with Crippen LogP contribution in [0.1, 0.15) is 18.1 Å². The van der Waals surface area contributed by atoms with Crippen molar-refractivity contribution in [3.05, 3.63) is 64.1 Å². The van der Waals surface area contributed by atoms with E-state index in [4.69, 9.17) is 0 Å². The van der Waals surface area contributed by atoms with Crippen molar-refractivity contribution in [3.63, 3.8) is 0 Å². The highest BCUT2D eigenvalue weighted by Crippen LogP contribution is 2.20. The van der Waals surface area contributed by atoms with Crippen molar-refractivity contribution in [3.8, 4) is 0 Å². The molecule has 9 heteroatoms. The van der Waals surface area contributed by atoms with E-state index in [-0.39, 0.29) is 17.3 Å². The number of hydrazone groups is 1. The van der Waals surface area contributed by atoms with Crippen molar-refractivity contribution >= 4 is 37.6 Å². The van der Waals surface area contributed by atoms with E-state index >= 15 is 0 Å². The molecule has 0 aliphatic carbocycles. The molecule has 2 aromatic rings. The number of piperazine rings is 1. The predicted octanol–water partition coefficient (Wildman–Crippen LogP) is 2.60. The molecule has 7 nitrogen and oxygen atoms in total. The monoisotopic (exact) mass is 492 g/mol. The molecule has 0 atom stereocenters. The Morgan fingerprint density at radius 3 is 2.23 bits per heavy atom. The number of aryl methyl sites for hydroxylation is 1. The van der Waals surface area contributed by atoms with Crippen LogP contribution in [0, 0.1) is 6.92 Å². The van der Waals surface area contributed by atoms with E-state index < -0.39 is 10.0 Å². The molecule has 0 aromatic heterocycles. The normalized spacial score (nSPS) is 16.4. The van der Waals surface area contributed by atoms with Gasteiger partial charge in [0, 0.05) is 30.7 Å². The van der Waals surface area contributed by atoms with Crippen molar-refractivity contribution in [2.24, 2.45) is 5.10 Å². The molecule has 0 saturated carbocycles. The number of hydrogen-bond donors (Lipinski definition) is 1. The van der Waals surface area contributed by atoms with Gasteiger partial charge in [-0.25, -0.2) is 13.8 Å². The number of carbonyl (C=O) groups excluding carboxylic acids is 1. The molecule has 1 heterocycles. The fourth-order valence-electron chi connectivity index (χ4n) is 3.13. The maximum absolute atomic E-state index is 12.8. The van der Waals surface area contributed by atoms with Gasteiger partial charge < -0.3 is 0 Å². The quantitative estimate of drug-likeness (QED) is 0.496. The first kappa shape index (κ1) is 22.6. The second kappa shape index (κ2) is 9.82. The summed E-state index contributed by atoms with van der Waals surface area (Å²) >= 11 is 3.31. The van der Waals surface area contributed by atoms with Crippen LogP contribution in [0.2, 0.25) is 0 Å². The van der Waals surface area contributed by atoms with E-state index in [1.54, 1.807) is 24.3 Å². The van der Waals surface area contributed by atoms with Crippen LogP contribution >= 0.6 is 15.9 Å². The summed E-state index contributed by atoms with van der Waals surface area (Å²) in [5, 5.41) is 4.17. The minimum Gasteiger partial charge on any atom is -0.292 e. The maximum Gasteiger partial charge on any atom is 0.254 e. The minimum absolute atomic E-state index is 0.177. The highest BCUT2D eigenvalue weighted by Gasteiger charge is 2.28. The smallest absolute Gasteiger partial charge is 0.254 e. The number of benzene rings is 2. The van der Waals surface area contributed by atoms with Crippen molar-refractivity contribution in [2.45, 2.75) is 18.7 Å². The maximum atomic E-state index is 12.8. The lowest BCUT2D eigenvalue weighted by atomic mass is 10.1. The molecular weight excluding hydrogens is 468 g/mol. The Morgan fingerprint density at radius 1 is 1.03 bits per heavy atom. The second-order valence-corrected chi connectivity index (χ2v) is 10.1. The number of hydrogen-bond acceptors (Lipinski definition) is 5. The molecule has 1 aliphatic rings. The van der Waals surface area contributed by atoms with Gasteiger partial charge in [0.1, 0.15) is 0 Å². The molecule has 0 unspecified atom stereocenters. The first-order valence-corrected chi connectivity index (χ1v) is 11.9. The lowest BCUT2D eigenvalue weighted by Gasteiger charge is -2.33. The summed E-state index contributed by atoms with van der Waals surface area (Å²) in [5.74, 6) is -0.217. The summed E-state index contributed by atoms with van der Waals surface area (Å²) in [7, 11) is -3.52. The summed E-state index contributed by atoms with van der Waals surface area (Å²) in [6.07, 6.45) is 0. The number of carbonyl (C=O) groups is 1. The number of sulfonamides is 1. The molecule has 2 aromatic carbocycles. The molecule has 1 N–H and O–H groups in total. The molecule has 1 aliphatic heterocycles. The van der Waals surface area contributed by atoms with E-state index in [1.807, 2.05) is 43.0 Å². The number of halogens is 1. The second-order valence-electron chi connectivity index (χ2n) is 7.23. The van der Waals surface area contributed by atoms with Crippen LogP contribution in [-0.4, -0.2) is 62.0 Å². The Bertz CT molecular complexity index is 1010. The Hall–Kier alpha value is -2.07. The third-order valence-electron chi connectivity index (χ3n) is 4.97.